The molecule has 0 saturated carbocycles. The normalized spacial score (nSPS) is 10.7. The van der Waals surface area contributed by atoms with Crippen LogP contribution in [0.15, 0.2) is 30.6 Å². The molecule has 3 rings (SSSR count). The van der Waals surface area contributed by atoms with E-state index in [2.05, 4.69) is 25.3 Å². The van der Waals surface area contributed by atoms with E-state index in [1.54, 1.807) is 24.3 Å². The smallest absolute Gasteiger partial charge is 0.258 e. The predicted molar refractivity (Wildman–Crippen MR) is 75.5 cm³/mol. The molecule has 7 nitrogen and oxygen atoms in total. The average Bonchev–Trinajstić information content (AvgIpc) is 2.87. The zero-order valence-corrected chi connectivity index (χ0v) is 10.8. The molecule has 0 unspecified atom stereocenters. The Hall–Kier alpha value is -2.67. The van der Waals surface area contributed by atoms with Crippen molar-refractivity contribution in [1.82, 2.24) is 19.9 Å². The summed E-state index contributed by atoms with van der Waals surface area (Å²) < 4.78 is 0. The van der Waals surface area contributed by atoms with Crippen LogP contribution in [0.25, 0.3) is 11.2 Å². The number of hydrogen-bond acceptors (Lipinski definition) is 5. The van der Waals surface area contributed by atoms with Gasteiger partial charge >= 0.3 is 0 Å². The van der Waals surface area contributed by atoms with Gasteiger partial charge in [-0.3, -0.25) is 10.1 Å². The van der Waals surface area contributed by atoms with Gasteiger partial charge < -0.3 is 10.7 Å². The van der Waals surface area contributed by atoms with Crippen LogP contribution in [0, 0.1) is 0 Å². The minimum absolute atomic E-state index is 0.0852. The summed E-state index contributed by atoms with van der Waals surface area (Å²) in [6.07, 6.45) is 1.45. The molecule has 0 aliphatic rings. The molecule has 0 aliphatic carbocycles. The summed E-state index contributed by atoms with van der Waals surface area (Å²) in [6.45, 7) is 0. The molecule has 0 spiro atoms. The van der Waals surface area contributed by atoms with Crippen LogP contribution in [-0.4, -0.2) is 25.8 Å². The number of hydrogen-bond donors (Lipinski definition) is 3. The van der Waals surface area contributed by atoms with Crippen molar-refractivity contribution in [1.29, 1.82) is 0 Å². The molecule has 20 heavy (non-hydrogen) atoms. The van der Waals surface area contributed by atoms with Gasteiger partial charge in [0.05, 0.1) is 6.33 Å². The number of nitrogens with zero attached hydrogens (tertiary/aromatic N) is 3. The summed E-state index contributed by atoms with van der Waals surface area (Å²) in [6, 6.07) is 6.58. The highest BCUT2D eigenvalue weighted by Crippen LogP contribution is 2.18. The molecular formula is C12H9ClN6O. The maximum atomic E-state index is 12.0. The van der Waals surface area contributed by atoms with Gasteiger partial charge in [-0.2, -0.15) is 9.97 Å². The Morgan fingerprint density at radius 3 is 3.00 bits per heavy atom. The number of fused-ring (bicyclic) bond motifs is 1. The van der Waals surface area contributed by atoms with Crippen LogP contribution < -0.4 is 11.1 Å². The monoisotopic (exact) mass is 288 g/mol. The molecule has 0 radical (unpaired) electrons. The molecule has 1 aromatic carbocycles. The van der Waals surface area contributed by atoms with Crippen LogP contribution in [0.2, 0.25) is 5.15 Å². The molecule has 3 aromatic rings. The molecule has 1 amide bonds. The number of aromatic nitrogens is 4. The standard InChI is InChI=1S/C12H9ClN6O/c13-9-8-10(16-5-15-8)18-12(17-9)19-11(20)6-2-1-3-7(14)4-6/h1-5H,14H2,(H2,15,16,17,18,19,20). The maximum absolute atomic E-state index is 12.0. The number of H-pyrrole nitrogens is 1. The molecule has 0 atom stereocenters. The minimum Gasteiger partial charge on any atom is -0.399 e. The largest absolute Gasteiger partial charge is 0.399 e. The van der Waals surface area contributed by atoms with Gasteiger partial charge in [-0.1, -0.05) is 17.7 Å². The molecule has 0 bridgehead atoms. The fraction of sp³-hybridized carbons (Fsp3) is 0. The Kier molecular flexibility index (Phi) is 2.96. The van der Waals surface area contributed by atoms with Gasteiger partial charge in [-0.25, -0.2) is 4.98 Å². The fourth-order valence-corrected chi connectivity index (χ4v) is 1.93. The van der Waals surface area contributed by atoms with E-state index in [0.29, 0.717) is 22.4 Å². The third-order valence-corrected chi connectivity index (χ3v) is 2.89. The van der Waals surface area contributed by atoms with Crippen molar-refractivity contribution in [2.45, 2.75) is 0 Å². The lowest BCUT2D eigenvalue weighted by atomic mass is 10.2. The number of benzene rings is 1. The molecule has 8 heteroatoms. The lowest BCUT2D eigenvalue weighted by Gasteiger charge is -2.04. The SMILES string of the molecule is Nc1cccc(C(=O)Nc2nc(Cl)c3[nH]cnc3n2)c1. The second-order valence-corrected chi connectivity index (χ2v) is 4.38. The highest BCUT2D eigenvalue weighted by atomic mass is 35.5. The van der Waals surface area contributed by atoms with E-state index in [0.717, 1.165) is 0 Å². The van der Waals surface area contributed by atoms with Gasteiger partial charge in [-0.05, 0) is 18.2 Å². The van der Waals surface area contributed by atoms with E-state index >= 15 is 0 Å². The second-order valence-electron chi connectivity index (χ2n) is 4.02. The van der Waals surface area contributed by atoms with E-state index < -0.39 is 0 Å². The topological polar surface area (TPSA) is 110 Å². The van der Waals surface area contributed by atoms with Gasteiger partial charge in [0, 0.05) is 11.3 Å². The third-order valence-electron chi connectivity index (χ3n) is 2.62. The number of amides is 1. The van der Waals surface area contributed by atoms with E-state index in [1.165, 1.54) is 6.33 Å². The Balaban J connectivity index is 1.91. The number of rotatable bonds is 2. The van der Waals surface area contributed by atoms with Crippen LogP contribution in [0.5, 0.6) is 0 Å². The van der Waals surface area contributed by atoms with Crippen LogP contribution >= 0.6 is 11.6 Å². The number of halogens is 1. The third kappa shape index (κ3) is 2.26. The van der Waals surface area contributed by atoms with Crippen molar-refractivity contribution in [3.05, 3.63) is 41.3 Å². The van der Waals surface area contributed by atoms with Crippen molar-refractivity contribution in [3.8, 4) is 0 Å². The van der Waals surface area contributed by atoms with Crippen LogP contribution in [-0.2, 0) is 0 Å². The molecule has 0 fully saturated rings. The van der Waals surface area contributed by atoms with E-state index in [1.807, 2.05) is 0 Å². The number of nitrogens with one attached hydrogen (secondary N) is 2. The first-order valence-electron chi connectivity index (χ1n) is 5.67. The van der Waals surface area contributed by atoms with Crippen molar-refractivity contribution in [2.24, 2.45) is 0 Å². The van der Waals surface area contributed by atoms with Crippen molar-refractivity contribution < 1.29 is 4.79 Å². The number of anilines is 2. The quantitative estimate of drug-likeness (QED) is 0.492. The zero-order valence-electron chi connectivity index (χ0n) is 10.1. The zero-order chi connectivity index (χ0) is 14.1. The summed E-state index contributed by atoms with van der Waals surface area (Å²) in [5.41, 5.74) is 7.44. The lowest BCUT2D eigenvalue weighted by molar-refractivity contribution is 0.102. The summed E-state index contributed by atoms with van der Waals surface area (Å²) in [4.78, 5) is 26.9. The second kappa shape index (κ2) is 4.78. The highest BCUT2D eigenvalue weighted by Gasteiger charge is 2.12. The molecule has 100 valence electrons. The van der Waals surface area contributed by atoms with Gasteiger partial charge in [-0.15, -0.1) is 0 Å². The predicted octanol–water partition coefficient (Wildman–Crippen LogP) is 1.84. The number of nitrogen functional groups attached to an aromatic ring is 1. The number of nitrogens with two attached hydrogens (primary N) is 1. The van der Waals surface area contributed by atoms with Gasteiger partial charge in [0.2, 0.25) is 5.95 Å². The molecule has 0 saturated heterocycles. The summed E-state index contributed by atoms with van der Waals surface area (Å²) in [7, 11) is 0. The maximum Gasteiger partial charge on any atom is 0.258 e. The first-order chi connectivity index (χ1) is 9.63. The lowest BCUT2D eigenvalue weighted by Crippen LogP contribution is -2.14. The van der Waals surface area contributed by atoms with Gasteiger partial charge in [0.25, 0.3) is 5.91 Å². The summed E-state index contributed by atoms with van der Waals surface area (Å²) in [5, 5.41) is 2.74. The van der Waals surface area contributed by atoms with Crippen LogP contribution in [0.1, 0.15) is 10.4 Å². The Morgan fingerprint density at radius 1 is 1.35 bits per heavy atom. The molecule has 2 aromatic heterocycles. The molecular weight excluding hydrogens is 280 g/mol. The first-order valence-corrected chi connectivity index (χ1v) is 6.05. The van der Waals surface area contributed by atoms with Crippen molar-refractivity contribution in [3.63, 3.8) is 0 Å². The first kappa shape index (κ1) is 12.4. The fourth-order valence-electron chi connectivity index (χ4n) is 1.71. The Bertz CT molecular complexity index is 799. The summed E-state index contributed by atoms with van der Waals surface area (Å²) >= 11 is 5.96. The molecule has 4 N–H and O–H groups in total. The summed E-state index contributed by atoms with van der Waals surface area (Å²) in [5.74, 6) is -0.287. The van der Waals surface area contributed by atoms with Crippen molar-refractivity contribution >= 4 is 40.3 Å². The van der Waals surface area contributed by atoms with Crippen LogP contribution in [0.3, 0.4) is 0 Å². The van der Waals surface area contributed by atoms with Crippen LogP contribution in [0.4, 0.5) is 11.6 Å². The Morgan fingerprint density at radius 2 is 2.20 bits per heavy atom. The number of carbonyl (C=O) groups excluding carboxylic acids is 1. The average molecular weight is 289 g/mol. The number of carbonyl (C=O) groups is 1. The Labute approximate surface area is 118 Å². The van der Waals surface area contributed by atoms with Crippen molar-refractivity contribution in [2.75, 3.05) is 11.1 Å². The van der Waals surface area contributed by atoms with E-state index in [-0.39, 0.29) is 17.0 Å². The van der Waals surface area contributed by atoms with E-state index in [4.69, 9.17) is 17.3 Å². The van der Waals surface area contributed by atoms with Gasteiger partial charge in [0.1, 0.15) is 5.52 Å². The van der Waals surface area contributed by atoms with Gasteiger partial charge in [0.15, 0.2) is 10.8 Å². The number of aromatic amines is 1. The van der Waals surface area contributed by atoms with E-state index in [9.17, 15) is 4.79 Å². The molecule has 0 aliphatic heterocycles. The molecule has 2 heterocycles. The number of imidazole rings is 1. The highest BCUT2D eigenvalue weighted by molar-refractivity contribution is 6.33. The minimum atomic E-state index is -0.372.